The molecule has 2 aromatic rings. The van der Waals surface area contributed by atoms with Gasteiger partial charge in [-0.1, -0.05) is 59.6 Å². The number of hydrogen-bond donors (Lipinski definition) is 1. The van der Waals surface area contributed by atoms with Gasteiger partial charge in [0.05, 0.1) is 6.61 Å². The van der Waals surface area contributed by atoms with Crippen molar-refractivity contribution in [3.8, 4) is 0 Å². The summed E-state index contributed by atoms with van der Waals surface area (Å²) in [5.74, 6) is -0.00262. The smallest absolute Gasteiger partial charge is 0.0503 e. The van der Waals surface area contributed by atoms with Gasteiger partial charge in [-0.05, 0) is 29.7 Å². The first-order valence-corrected chi connectivity index (χ1v) is 6.56. The van der Waals surface area contributed by atoms with Crippen molar-refractivity contribution in [1.82, 2.24) is 0 Å². The zero-order chi connectivity index (χ0) is 13.0. The van der Waals surface area contributed by atoms with Crippen molar-refractivity contribution >= 4 is 23.2 Å². The monoisotopic (exact) mass is 280 g/mol. The van der Waals surface area contributed by atoms with Gasteiger partial charge < -0.3 is 5.11 Å². The molecule has 1 atom stereocenters. The minimum absolute atomic E-state index is 0.00262. The third-order valence-electron chi connectivity index (χ3n) is 2.95. The highest BCUT2D eigenvalue weighted by Gasteiger charge is 2.14. The van der Waals surface area contributed by atoms with E-state index in [4.69, 9.17) is 23.2 Å². The highest BCUT2D eigenvalue weighted by molar-refractivity contribution is 6.35. The molecule has 0 saturated carbocycles. The summed E-state index contributed by atoms with van der Waals surface area (Å²) in [6.07, 6.45) is 0.763. The molecule has 0 radical (unpaired) electrons. The van der Waals surface area contributed by atoms with E-state index in [-0.39, 0.29) is 12.5 Å². The Labute approximate surface area is 117 Å². The van der Waals surface area contributed by atoms with Gasteiger partial charge in [0.15, 0.2) is 0 Å². The molecule has 0 aliphatic rings. The van der Waals surface area contributed by atoms with Gasteiger partial charge in [0.1, 0.15) is 0 Å². The van der Waals surface area contributed by atoms with Crippen LogP contribution in [-0.2, 0) is 6.42 Å². The third kappa shape index (κ3) is 3.26. The van der Waals surface area contributed by atoms with Crippen LogP contribution in [0.4, 0.5) is 0 Å². The van der Waals surface area contributed by atoms with Crippen LogP contribution < -0.4 is 0 Å². The van der Waals surface area contributed by atoms with Gasteiger partial charge in [-0.3, -0.25) is 0 Å². The highest BCUT2D eigenvalue weighted by Crippen LogP contribution is 2.29. The van der Waals surface area contributed by atoms with E-state index >= 15 is 0 Å². The van der Waals surface area contributed by atoms with Crippen LogP contribution in [0, 0.1) is 0 Å². The van der Waals surface area contributed by atoms with Crippen molar-refractivity contribution < 1.29 is 5.11 Å². The third-order valence-corrected chi connectivity index (χ3v) is 3.51. The molecule has 0 fully saturated rings. The lowest BCUT2D eigenvalue weighted by Gasteiger charge is -2.16. The second-order valence-electron chi connectivity index (χ2n) is 4.24. The fourth-order valence-corrected chi connectivity index (χ4v) is 2.57. The first kappa shape index (κ1) is 13.4. The number of benzene rings is 2. The van der Waals surface area contributed by atoms with E-state index in [1.165, 1.54) is 5.56 Å². The topological polar surface area (TPSA) is 20.2 Å². The molecule has 3 heteroatoms. The predicted molar refractivity (Wildman–Crippen MR) is 76.4 cm³/mol. The number of hydrogen-bond acceptors (Lipinski definition) is 1. The van der Waals surface area contributed by atoms with Crippen LogP contribution >= 0.6 is 23.2 Å². The minimum Gasteiger partial charge on any atom is -0.396 e. The first-order valence-electron chi connectivity index (χ1n) is 5.80. The minimum atomic E-state index is -0.00262. The maximum absolute atomic E-state index is 9.54. The summed E-state index contributed by atoms with van der Waals surface area (Å²) < 4.78 is 0. The fraction of sp³-hybridized carbons (Fsp3) is 0.200. The van der Waals surface area contributed by atoms with Gasteiger partial charge in [0.2, 0.25) is 0 Å². The maximum atomic E-state index is 9.54. The Kier molecular flexibility index (Phi) is 4.65. The molecule has 1 N–H and O–H groups in total. The van der Waals surface area contributed by atoms with Gasteiger partial charge in [0, 0.05) is 16.0 Å². The van der Waals surface area contributed by atoms with E-state index in [9.17, 15) is 5.11 Å². The average molecular weight is 281 g/mol. The summed E-state index contributed by atoms with van der Waals surface area (Å²) in [4.78, 5) is 0. The summed E-state index contributed by atoms with van der Waals surface area (Å²) in [6.45, 7) is 0.0657. The molecule has 2 rings (SSSR count). The Bertz CT molecular complexity index is 511. The lowest BCUT2D eigenvalue weighted by atomic mass is 9.93. The zero-order valence-corrected chi connectivity index (χ0v) is 11.3. The second kappa shape index (κ2) is 6.24. The summed E-state index contributed by atoms with van der Waals surface area (Å²) in [6, 6.07) is 15.5. The zero-order valence-electron chi connectivity index (χ0n) is 9.81. The van der Waals surface area contributed by atoms with Crippen LogP contribution in [0.1, 0.15) is 17.0 Å². The number of aliphatic hydroxyl groups excluding tert-OH is 1. The highest BCUT2D eigenvalue weighted by atomic mass is 35.5. The van der Waals surface area contributed by atoms with Crippen LogP contribution in [0.5, 0.6) is 0 Å². The molecular weight excluding hydrogens is 267 g/mol. The van der Waals surface area contributed by atoms with Gasteiger partial charge >= 0.3 is 0 Å². The molecule has 0 amide bonds. The lowest BCUT2D eigenvalue weighted by molar-refractivity contribution is 0.264. The largest absolute Gasteiger partial charge is 0.396 e. The van der Waals surface area contributed by atoms with Crippen molar-refractivity contribution in [2.45, 2.75) is 12.3 Å². The van der Waals surface area contributed by atoms with Gasteiger partial charge in [0.25, 0.3) is 0 Å². The molecule has 1 unspecified atom stereocenters. The molecule has 18 heavy (non-hydrogen) atoms. The Morgan fingerprint density at radius 1 is 1.00 bits per heavy atom. The quantitative estimate of drug-likeness (QED) is 0.885. The lowest BCUT2D eigenvalue weighted by Crippen LogP contribution is -2.08. The Morgan fingerprint density at radius 3 is 2.33 bits per heavy atom. The molecule has 2 aromatic carbocycles. The van der Waals surface area contributed by atoms with E-state index in [0.29, 0.717) is 10.0 Å². The molecule has 94 valence electrons. The standard InChI is InChI=1S/C15H14Cl2O/c16-13-6-7-14(15(17)9-13)12(10-18)8-11-4-2-1-3-5-11/h1-7,9,12,18H,8,10H2. The van der Waals surface area contributed by atoms with E-state index in [1.54, 1.807) is 12.1 Å². The molecule has 0 heterocycles. The van der Waals surface area contributed by atoms with Gasteiger partial charge in [-0.25, -0.2) is 0 Å². The number of halogens is 2. The van der Waals surface area contributed by atoms with E-state index in [1.807, 2.05) is 36.4 Å². The molecule has 0 aliphatic heterocycles. The Morgan fingerprint density at radius 2 is 1.72 bits per heavy atom. The van der Waals surface area contributed by atoms with Crippen molar-refractivity contribution in [1.29, 1.82) is 0 Å². The van der Waals surface area contributed by atoms with E-state index in [2.05, 4.69) is 0 Å². The van der Waals surface area contributed by atoms with Crippen molar-refractivity contribution in [3.05, 3.63) is 69.7 Å². The molecule has 0 bridgehead atoms. The number of rotatable bonds is 4. The van der Waals surface area contributed by atoms with E-state index < -0.39 is 0 Å². The normalized spacial score (nSPS) is 12.4. The van der Waals surface area contributed by atoms with Crippen LogP contribution in [-0.4, -0.2) is 11.7 Å². The van der Waals surface area contributed by atoms with E-state index in [0.717, 1.165) is 12.0 Å². The molecule has 1 nitrogen and oxygen atoms in total. The second-order valence-corrected chi connectivity index (χ2v) is 5.08. The molecule has 0 spiro atoms. The summed E-state index contributed by atoms with van der Waals surface area (Å²) in [5, 5.41) is 10.8. The summed E-state index contributed by atoms with van der Waals surface area (Å²) in [7, 11) is 0. The summed E-state index contributed by atoms with van der Waals surface area (Å²) in [5.41, 5.74) is 2.12. The van der Waals surface area contributed by atoms with Crippen molar-refractivity contribution in [2.24, 2.45) is 0 Å². The van der Waals surface area contributed by atoms with Crippen LogP contribution in [0.2, 0.25) is 10.0 Å². The fourth-order valence-electron chi connectivity index (χ4n) is 2.00. The van der Waals surface area contributed by atoms with Crippen molar-refractivity contribution in [3.63, 3.8) is 0 Å². The van der Waals surface area contributed by atoms with Gasteiger partial charge in [-0.15, -0.1) is 0 Å². The van der Waals surface area contributed by atoms with Crippen LogP contribution in [0.15, 0.2) is 48.5 Å². The van der Waals surface area contributed by atoms with Gasteiger partial charge in [-0.2, -0.15) is 0 Å². The number of aliphatic hydroxyl groups is 1. The summed E-state index contributed by atoms with van der Waals surface area (Å²) >= 11 is 12.1. The Hall–Kier alpha value is -1.02. The average Bonchev–Trinajstić information content (AvgIpc) is 2.38. The maximum Gasteiger partial charge on any atom is 0.0503 e. The van der Waals surface area contributed by atoms with Crippen LogP contribution in [0.3, 0.4) is 0 Å². The first-order chi connectivity index (χ1) is 8.70. The predicted octanol–water partition coefficient (Wildman–Crippen LogP) is 4.31. The molecule has 0 saturated heterocycles. The van der Waals surface area contributed by atoms with Crippen molar-refractivity contribution in [2.75, 3.05) is 6.61 Å². The molecule has 0 aliphatic carbocycles. The molecular formula is C15H14Cl2O. The SMILES string of the molecule is OCC(Cc1ccccc1)c1ccc(Cl)cc1Cl. The van der Waals surface area contributed by atoms with Crippen LogP contribution in [0.25, 0.3) is 0 Å². The molecule has 0 aromatic heterocycles. The Balaban J connectivity index is 2.23.